The normalized spacial score (nSPS) is 16.5. The number of hydrogen-bond donors (Lipinski definition) is 1. The van der Waals surface area contributed by atoms with Gasteiger partial charge in [0.05, 0.1) is 19.6 Å². The quantitative estimate of drug-likeness (QED) is 0.934. The number of carbonyl (C=O) groups is 1. The first-order chi connectivity index (χ1) is 11.2. The molecule has 0 heterocycles. The van der Waals surface area contributed by atoms with E-state index in [2.05, 4.69) is 29.6 Å². The summed E-state index contributed by atoms with van der Waals surface area (Å²) in [7, 11) is 1.66. The van der Waals surface area contributed by atoms with Gasteiger partial charge >= 0.3 is 0 Å². The van der Waals surface area contributed by atoms with Crippen LogP contribution in [-0.4, -0.2) is 13.0 Å². The Morgan fingerprint density at radius 3 is 2.87 bits per heavy atom. The molecular formula is C20H23NO2. The molecule has 0 saturated heterocycles. The number of fused-ring (bicyclic) bond motifs is 1. The molecule has 0 fully saturated rings. The van der Waals surface area contributed by atoms with Gasteiger partial charge in [0.15, 0.2) is 0 Å². The van der Waals surface area contributed by atoms with Crippen LogP contribution in [0, 0.1) is 6.92 Å². The van der Waals surface area contributed by atoms with Crippen molar-refractivity contribution >= 4 is 5.91 Å². The van der Waals surface area contributed by atoms with Gasteiger partial charge in [-0.3, -0.25) is 4.79 Å². The van der Waals surface area contributed by atoms with Crippen molar-refractivity contribution in [2.24, 2.45) is 0 Å². The van der Waals surface area contributed by atoms with Crippen LogP contribution in [0.25, 0.3) is 0 Å². The summed E-state index contributed by atoms with van der Waals surface area (Å²) in [5, 5.41) is 3.20. The van der Waals surface area contributed by atoms with Gasteiger partial charge in [0.1, 0.15) is 5.75 Å². The number of carbonyl (C=O) groups excluding carboxylic acids is 1. The van der Waals surface area contributed by atoms with Gasteiger partial charge in [0, 0.05) is 0 Å². The monoisotopic (exact) mass is 309 g/mol. The molecule has 0 spiro atoms. The smallest absolute Gasteiger partial charge is 0.224 e. The summed E-state index contributed by atoms with van der Waals surface area (Å²) in [6.07, 6.45) is 3.66. The molecule has 1 aliphatic carbocycles. The maximum absolute atomic E-state index is 12.4. The number of hydrogen-bond acceptors (Lipinski definition) is 2. The zero-order chi connectivity index (χ0) is 16.2. The lowest BCUT2D eigenvalue weighted by atomic mass is 9.87. The lowest BCUT2D eigenvalue weighted by Crippen LogP contribution is -2.32. The Balaban J connectivity index is 1.67. The zero-order valence-corrected chi connectivity index (χ0v) is 13.8. The highest BCUT2D eigenvalue weighted by Crippen LogP contribution is 2.29. The second kappa shape index (κ2) is 6.86. The van der Waals surface area contributed by atoms with Crippen LogP contribution in [0.15, 0.2) is 42.5 Å². The largest absolute Gasteiger partial charge is 0.496 e. The first-order valence-electron chi connectivity index (χ1n) is 8.18. The van der Waals surface area contributed by atoms with Crippen molar-refractivity contribution in [1.82, 2.24) is 5.32 Å². The highest BCUT2D eigenvalue weighted by molar-refractivity contribution is 5.79. The molecule has 0 radical (unpaired) electrons. The fourth-order valence-electron chi connectivity index (χ4n) is 3.39. The predicted octanol–water partition coefficient (Wildman–Crippen LogP) is 3.74. The van der Waals surface area contributed by atoms with E-state index in [0.717, 1.165) is 36.1 Å². The van der Waals surface area contributed by atoms with Crippen molar-refractivity contribution < 1.29 is 9.53 Å². The number of nitrogens with one attached hydrogen (secondary N) is 1. The molecule has 1 aliphatic rings. The lowest BCUT2D eigenvalue weighted by Gasteiger charge is -2.26. The molecule has 0 unspecified atom stereocenters. The Morgan fingerprint density at radius 2 is 2.09 bits per heavy atom. The summed E-state index contributed by atoms with van der Waals surface area (Å²) in [4.78, 5) is 12.4. The van der Waals surface area contributed by atoms with Gasteiger partial charge < -0.3 is 10.1 Å². The highest BCUT2D eigenvalue weighted by Gasteiger charge is 2.21. The molecule has 2 aromatic rings. The fraction of sp³-hybridized carbons (Fsp3) is 0.350. The molecule has 0 aliphatic heterocycles. The highest BCUT2D eigenvalue weighted by atomic mass is 16.5. The van der Waals surface area contributed by atoms with Crippen LogP contribution in [0.1, 0.15) is 41.1 Å². The van der Waals surface area contributed by atoms with Crippen LogP contribution in [0.5, 0.6) is 5.75 Å². The molecule has 1 N–H and O–H groups in total. The third-order valence-electron chi connectivity index (χ3n) is 4.53. The molecule has 23 heavy (non-hydrogen) atoms. The van der Waals surface area contributed by atoms with Crippen molar-refractivity contribution in [1.29, 1.82) is 0 Å². The maximum atomic E-state index is 12.4. The molecule has 0 saturated carbocycles. The molecule has 0 aromatic heterocycles. The molecule has 0 bridgehead atoms. The van der Waals surface area contributed by atoms with Gasteiger partial charge in [-0.15, -0.1) is 0 Å². The van der Waals surface area contributed by atoms with Gasteiger partial charge in [-0.05, 0) is 54.5 Å². The lowest BCUT2D eigenvalue weighted by molar-refractivity contribution is -0.121. The number of aryl methyl sites for hydroxylation is 2. The molecule has 1 amide bonds. The van der Waals surface area contributed by atoms with E-state index >= 15 is 0 Å². The standard InChI is InChI=1S/C20H23NO2/c1-14-12-15(10-11-19(14)23-2)13-20(22)21-18-9-5-7-16-6-3-4-8-17(16)18/h3-4,6,8,10-12,18H,5,7,9,13H2,1-2H3,(H,21,22)/t18-/m0/s1. The van der Waals surface area contributed by atoms with E-state index in [1.165, 1.54) is 11.1 Å². The van der Waals surface area contributed by atoms with Crippen LogP contribution in [0.4, 0.5) is 0 Å². The average molecular weight is 309 g/mol. The van der Waals surface area contributed by atoms with Crippen molar-refractivity contribution in [2.45, 2.75) is 38.6 Å². The third kappa shape index (κ3) is 3.55. The Bertz CT molecular complexity index is 709. The second-order valence-corrected chi connectivity index (χ2v) is 6.19. The van der Waals surface area contributed by atoms with Gasteiger partial charge in [-0.25, -0.2) is 0 Å². The van der Waals surface area contributed by atoms with Crippen molar-refractivity contribution in [3.8, 4) is 5.75 Å². The van der Waals surface area contributed by atoms with Gasteiger partial charge in [-0.1, -0.05) is 36.4 Å². The Labute approximate surface area is 137 Å². The van der Waals surface area contributed by atoms with Crippen molar-refractivity contribution in [3.05, 3.63) is 64.7 Å². The molecule has 1 atom stereocenters. The van der Waals surface area contributed by atoms with E-state index < -0.39 is 0 Å². The molecule has 3 heteroatoms. The first-order valence-corrected chi connectivity index (χ1v) is 8.18. The second-order valence-electron chi connectivity index (χ2n) is 6.19. The number of amides is 1. The minimum atomic E-state index is 0.0799. The van der Waals surface area contributed by atoms with Crippen LogP contribution >= 0.6 is 0 Å². The van der Waals surface area contributed by atoms with Crippen LogP contribution in [0.2, 0.25) is 0 Å². The Hall–Kier alpha value is -2.29. The van der Waals surface area contributed by atoms with Crippen LogP contribution in [0.3, 0.4) is 0 Å². The van der Waals surface area contributed by atoms with E-state index in [0.29, 0.717) is 6.42 Å². The summed E-state index contributed by atoms with van der Waals surface area (Å²) in [5.74, 6) is 0.937. The third-order valence-corrected chi connectivity index (χ3v) is 4.53. The summed E-state index contributed by atoms with van der Waals surface area (Å²) in [5.41, 5.74) is 4.72. The topological polar surface area (TPSA) is 38.3 Å². The van der Waals surface area contributed by atoms with Gasteiger partial charge in [0.25, 0.3) is 0 Å². The average Bonchev–Trinajstić information content (AvgIpc) is 2.55. The minimum Gasteiger partial charge on any atom is -0.496 e. The van der Waals surface area contributed by atoms with E-state index in [1.807, 2.05) is 25.1 Å². The number of ether oxygens (including phenoxy) is 1. The maximum Gasteiger partial charge on any atom is 0.224 e. The number of methoxy groups -OCH3 is 1. The number of rotatable bonds is 4. The van der Waals surface area contributed by atoms with Crippen LogP contribution in [-0.2, 0) is 17.6 Å². The predicted molar refractivity (Wildman–Crippen MR) is 91.7 cm³/mol. The number of benzene rings is 2. The first kappa shape index (κ1) is 15.6. The molecule has 3 rings (SSSR count). The van der Waals surface area contributed by atoms with E-state index in [9.17, 15) is 4.79 Å². The van der Waals surface area contributed by atoms with Gasteiger partial charge in [0.2, 0.25) is 5.91 Å². The molecular weight excluding hydrogens is 286 g/mol. The fourth-order valence-corrected chi connectivity index (χ4v) is 3.39. The van der Waals surface area contributed by atoms with Gasteiger partial charge in [-0.2, -0.15) is 0 Å². The van der Waals surface area contributed by atoms with Crippen molar-refractivity contribution in [3.63, 3.8) is 0 Å². The summed E-state index contributed by atoms with van der Waals surface area (Å²) >= 11 is 0. The Morgan fingerprint density at radius 1 is 1.26 bits per heavy atom. The minimum absolute atomic E-state index is 0.0799. The summed E-state index contributed by atoms with van der Waals surface area (Å²) < 4.78 is 5.26. The summed E-state index contributed by atoms with van der Waals surface area (Å²) in [6.45, 7) is 2.00. The zero-order valence-electron chi connectivity index (χ0n) is 13.8. The molecule has 3 nitrogen and oxygen atoms in total. The van der Waals surface area contributed by atoms with Crippen molar-refractivity contribution in [2.75, 3.05) is 7.11 Å². The van der Waals surface area contributed by atoms with Crippen LogP contribution < -0.4 is 10.1 Å². The Kier molecular flexibility index (Phi) is 4.65. The molecule has 2 aromatic carbocycles. The van der Waals surface area contributed by atoms with E-state index in [4.69, 9.17) is 4.74 Å². The SMILES string of the molecule is COc1ccc(CC(=O)N[C@H]2CCCc3ccccc32)cc1C. The molecule has 120 valence electrons. The summed E-state index contributed by atoms with van der Waals surface area (Å²) in [6, 6.07) is 14.5. The van der Waals surface area contributed by atoms with E-state index in [1.54, 1.807) is 7.11 Å². The van der Waals surface area contributed by atoms with E-state index in [-0.39, 0.29) is 11.9 Å².